The summed E-state index contributed by atoms with van der Waals surface area (Å²) in [5.74, 6) is -2.41. The highest BCUT2D eigenvalue weighted by molar-refractivity contribution is 7.89. The van der Waals surface area contributed by atoms with Crippen molar-refractivity contribution < 1.29 is 23.1 Å². The Bertz CT molecular complexity index is 564. The van der Waals surface area contributed by atoms with E-state index in [1.54, 1.807) is 0 Å². The number of sulfonamides is 1. The number of carboxylic acids is 1. The van der Waals surface area contributed by atoms with Gasteiger partial charge in [-0.25, -0.2) is 8.42 Å². The maximum Gasteiger partial charge on any atom is 0.322 e. The number of carboxylic acid groups (broad SMARTS) is 1. The van der Waals surface area contributed by atoms with E-state index in [0.29, 0.717) is 0 Å². The maximum absolute atomic E-state index is 11.8. The van der Waals surface area contributed by atoms with Crippen molar-refractivity contribution in [2.24, 2.45) is 12.8 Å². The summed E-state index contributed by atoms with van der Waals surface area (Å²) < 4.78 is 26.6. The average molecular weight is 276 g/mol. The van der Waals surface area contributed by atoms with Crippen LogP contribution in [0.25, 0.3) is 0 Å². The van der Waals surface area contributed by atoms with Crippen LogP contribution in [0.4, 0.5) is 0 Å². The number of nitrogens with two attached hydrogens (primary N) is 1. The zero-order valence-corrected chi connectivity index (χ0v) is 10.2. The zero-order chi connectivity index (χ0) is 13.9. The molecular weight excluding hydrogens is 264 g/mol. The van der Waals surface area contributed by atoms with Crippen LogP contribution in [0.1, 0.15) is 6.42 Å². The molecule has 0 aliphatic rings. The van der Waals surface area contributed by atoms with Gasteiger partial charge in [-0.1, -0.05) is 0 Å². The third-order valence-corrected chi connectivity index (χ3v) is 3.60. The molecule has 10 heteroatoms. The lowest BCUT2D eigenvalue weighted by atomic mass is 10.2. The van der Waals surface area contributed by atoms with Gasteiger partial charge in [0.1, 0.15) is 6.04 Å². The van der Waals surface area contributed by atoms with Crippen LogP contribution in [-0.4, -0.2) is 41.2 Å². The predicted octanol–water partition coefficient (Wildman–Crippen LogP) is -1.97. The number of aromatic nitrogens is 2. The molecular formula is C8H12N4O5S. The number of rotatable bonds is 6. The molecule has 1 amide bonds. The molecule has 9 nitrogen and oxygen atoms in total. The van der Waals surface area contributed by atoms with Crippen LogP contribution in [0.15, 0.2) is 17.3 Å². The summed E-state index contributed by atoms with van der Waals surface area (Å²) in [6.07, 6.45) is 0.616. The fourth-order valence-electron chi connectivity index (χ4n) is 1.25. The molecule has 0 fully saturated rings. The average Bonchev–Trinajstić information content (AvgIpc) is 2.62. The van der Waals surface area contributed by atoms with Gasteiger partial charge in [0.05, 0.1) is 12.6 Å². The highest BCUT2D eigenvalue weighted by Crippen LogP contribution is 2.08. The van der Waals surface area contributed by atoms with Crippen LogP contribution < -0.4 is 10.5 Å². The molecule has 0 radical (unpaired) electrons. The summed E-state index contributed by atoms with van der Waals surface area (Å²) >= 11 is 0. The number of aliphatic carboxylic acids is 1. The van der Waals surface area contributed by atoms with Gasteiger partial charge in [0, 0.05) is 7.05 Å². The fraction of sp³-hybridized carbons (Fsp3) is 0.375. The Morgan fingerprint density at radius 2 is 2.22 bits per heavy atom. The van der Waals surface area contributed by atoms with E-state index in [4.69, 9.17) is 10.8 Å². The largest absolute Gasteiger partial charge is 0.480 e. The number of hydrogen-bond acceptors (Lipinski definition) is 5. The molecule has 18 heavy (non-hydrogen) atoms. The van der Waals surface area contributed by atoms with Gasteiger partial charge >= 0.3 is 5.97 Å². The standard InChI is InChI=1S/C8H12N4O5S/c1-12-7(2-3-10-12)18(16,17)11-5(8(14)15)4-6(9)13/h2-3,5,11H,4H2,1H3,(H2,9,13)(H,14,15)/t5-/m1/s1. The van der Waals surface area contributed by atoms with Crippen molar-refractivity contribution in [3.63, 3.8) is 0 Å². The van der Waals surface area contributed by atoms with Gasteiger partial charge in [-0.15, -0.1) is 0 Å². The summed E-state index contributed by atoms with van der Waals surface area (Å²) in [6, 6.07) is -0.409. The van der Waals surface area contributed by atoms with E-state index in [9.17, 15) is 18.0 Å². The van der Waals surface area contributed by atoms with E-state index in [1.807, 2.05) is 4.72 Å². The van der Waals surface area contributed by atoms with Crippen molar-refractivity contribution in [1.29, 1.82) is 0 Å². The highest BCUT2D eigenvalue weighted by Gasteiger charge is 2.28. The van der Waals surface area contributed by atoms with Gasteiger partial charge in [0.2, 0.25) is 5.91 Å². The second kappa shape index (κ2) is 5.14. The predicted molar refractivity (Wildman–Crippen MR) is 58.8 cm³/mol. The summed E-state index contributed by atoms with van der Waals surface area (Å²) in [4.78, 5) is 21.5. The van der Waals surface area contributed by atoms with Gasteiger partial charge in [-0.3, -0.25) is 14.3 Å². The molecule has 0 unspecified atom stereocenters. The number of nitrogens with one attached hydrogen (secondary N) is 1. The van der Waals surface area contributed by atoms with Crippen molar-refractivity contribution in [3.8, 4) is 0 Å². The third kappa shape index (κ3) is 3.28. The van der Waals surface area contributed by atoms with E-state index in [2.05, 4.69) is 5.10 Å². The Morgan fingerprint density at radius 3 is 2.61 bits per heavy atom. The molecule has 1 heterocycles. The monoisotopic (exact) mass is 276 g/mol. The summed E-state index contributed by atoms with van der Waals surface area (Å²) in [5.41, 5.74) is 4.84. The molecule has 4 N–H and O–H groups in total. The second-order valence-corrected chi connectivity index (χ2v) is 5.14. The molecule has 0 bridgehead atoms. The van der Waals surface area contributed by atoms with E-state index in [0.717, 1.165) is 4.68 Å². The first kappa shape index (κ1) is 14.1. The molecule has 1 aromatic heterocycles. The third-order valence-electron chi connectivity index (χ3n) is 2.05. The Kier molecular flexibility index (Phi) is 4.03. The molecule has 0 spiro atoms. The number of aryl methyl sites for hydroxylation is 1. The molecule has 100 valence electrons. The molecule has 0 aliphatic heterocycles. The van der Waals surface area contributed by atoms with E-state index < -0.39 is 34.4 Å². The number of carbonyl (C=O) groups is 2. The number of primary amides is 1. The Labute approximate surface area is 103 Å². The minimum absolute atomic E-state index is 0.210. The van der Waals surface area contributed by atoms with Crippen LogP contribution in [0, 0.1) is 0 Å². The smallest absolute Gasteiger partial charge is 0.322 e. The first-order valence-electron chi connectivity index (χ1n) is 4.75. The maximum atomic E-state index is 11.8. The normalized spacial score (nSPS) is 13.2. The van der Waals surface area contributed by atoms with Gasteiger partial charge in [0.25, 0.3) is 10.0 Å². The van der Waals surface area contributed by atoms with Crippen molar-refractivity contribution in [1.82, 2.24) is 14.5 Å². The number of amides is 1. The van der Waals surface area contributed by atoms with Crippen molar-refractivity contribution in [3.05, 3.63) is 12.3 Å². The quantitative estimate of drug-likeness (QED) is 0.549. The number of nitrogens with zero attached hydrogens (tertiary/aromatic N) is 2. The van der Waals surface area contributed by atoms with Crippen LogP contribution >= 0.6 is 0 Å². The lowest BCUT2D eigenvalue weighted by Crippen LogP contribution is -2.43. The summed E-state index contributed by atoms with van der Waals surface area (Å²) in [5, 5.41) is 12.2. The number of carbonyl (C=O) groups excluding carboxylic acids is 1. The van der Waals surface area contributed by atoms with Crippen LogP contribution in [0.3, 0.4) is 0 Å². The van der Waals surface area contributed by atoms with E-state index in [-0.39, 0.29) is 5.03 Å². The van der Waals surface area contributed by atoms with Crippen LogP contribution in [-0.2, 0) is 26.7 Å². The number of hydrogen-bond donors (Lipinski definition) is 3. The van der Waals surface area contributed by atoms with E-state index >= 15 is 0 Å². The zero-order valence-electron chi connectivity index (χ0n) is 9.40. The molecule has 1 aromatic rings. The summed E-state index contributed by atoms with van der Waals surface area (Å²) in [6.45, 7) is 0. The molecule has 0 saturated heterocycles. The molecule has 0 saturated carbocycles. The van der Waals surface area contributed by atoms with Crippen molar-refractivity contribution >= 4 is 21.9 Å². The lowest BCUT2D eigenvalue weighted by Gasteiger charge is -2.13. The molecule has 1 rings (SSSR count). The van der Waals surface area contributed by atoms with Gasteiger partial charge < -0.3 is 10.8 Å². The van der Waals surface area contributed by atoms with Crippen LogP contribution in [0.2, 0.25) is 0 Å². The Hall–Kier alpha value is -1.94. The van der Waals surface area contributed by atoms with Crippen LogP contribution in [0.5, 0.6) is 0 Å². The lowest BCUT2D eigenvalue weighted by molar-refractivity contribution is -0.140. The first-order valence-corrected chi connectivity index (χ1v) is 6.24. The topological polar surface area (TPSA) is 144 Å². The van der Waals surface area contributed by atoms with Gasteiger partial charge in [-0.05, 0) is 6.07 Å². The summed E-state index contributed by atoms with van der Waals surface area (Å²) in [7, 11) is -2.69. The van der Waals surface area contributed by atoms with Crippen molar-refractivity contribution in [2.45, 2.75) is 17.5 Å². The SMILES string of the molecule is Cn1nccc1S(=O)(=O)N[C@H](CC(N)=O)C(=O)O. The minimum Gasteiger partial charge on any atom is -0.480 e. The van der Waals surface area contributed by atoms with E-state index in [1.165, 1.54) is 19.3 Å². The first-order chi connectivity index (χ1) is 8.24. The second-order valence-electron chi connectivity index (χ2n) is 3.48. The van der Waals surface area contributed by atoms with Gasteiger partial charge in [-0.2, -0.15) is 9.82 Å². The Morgan fingerprint density at radius 1 is 1.61 bits per heavy atom. The Balaban J connectivity index is 2.97. The molecule has 0 aliphatic carbocycles. The fourth-order valence-corrected chi connectivity index (χ4v) is 2.57. The molecule has 0 aromatic carbocycles. The van der Waals surface area contributed by atoms with Gasteiger partial charge in [0.15, 0.2) is 5.03 Å². The van der Waals surface area contributed by atoms with Crippen molar-refractivity contribution in [2.75, 3.05) is 0 Å². The highest BCUT2D eigenvalue weighted by atomic mass is 32.2. The molecule has 1 atom stereocenters. The minimum atomic E-state index is -4.08.